The summed E-state index contributed by atoms with van der Waals surface area (Å²) in [5.41, 5.74) is 3.05. The van der Waals surface area contributed by atoms with Crippen LogP contribution in [0.25, 0.3) is 0 Å². The van der Waals surface area contributed by atoms with E-state index >= 15 is 0 Å². The zero-order chi connectivity index (χ0) is 23.3. The second-order valence-corrected chi connectivity index (χ2v) is 7.15. The number of aliphatic carboxylic acids is 1. The van der Waals surface area contributed by atoms with Crippen molar-refractivity contribution >= 4 is 35.0 Å². The molecule has 0 saturated carbocycles. The zero-order valence-corrected chi connectivity index (χ0v) is 17.4. The highest BCUT2D eigenvalue weighted by molar-refractivity contribution is 6.32. The van der Waals surface area contributed by atoms with Crippen LogP contribution in [0.5, 0.6) is 5.75 Å². The van der Waals surface area contributed by atoms with Crippen molar-refractivity contribution < 1.29 is 27.8 Å². The van der Waals surface area contributed by atoms with E-state index in [1.54, 1.807) is 6.20 Å². The molecule has 0 amide bonds. The molecule has 1 aliphatic heterocycles. The van der Waals surface area contributed by atoms with Crippen molar-refractivity contribution in [3.8, 4) is 5.75 Å². The lowest BCUT2D eigenvalue weighted by molar-refractivity contribution is -0.192. The molecule has 7 nitrogen and oxygen atoms in total. The summed E-state index contributed by atoms with van der Waals surface area (Å²) < 4.78 is 37.7. The van der Waals surface area contributed by atoms with Gasteiger partial charge in [-0.15, -0.1) is 0 Å². The first-order chi connectivity index (χ1) is 15.1. The molecule has 1 atom stereocenters. The topological polar surface area (TPSA) is 96.4 Å². The molecule has 3 aromatic rings. The van der Waals surface area contributed by atoms with E-state index in [4.69, 9.17) is 26.2 Å². The molecule has 2 heterocycles. The Kier molecular flexibility index (Phi) is 7.04. The molecule has 1 aromatic heterocycles. The number of fused-ring (bicyclic) bond motifs is 6. The van der Waals surface area contributed by atoms with Crippen LogP contribution in [0.4, 0.5) is 30.6 Å². The third kappa shape index (κ3) is 6.24. The van der Waals surface area contributed by atoms with Crippen molar-refractivity contribution in [3.63, 3.8) is 0 Å². The standard InChI is InChI=1S/C19H17ClN4O.C2HF3O2/c1-12-14-5-3-7-16(9-14)25-11-13-4-2-6-15(8-13)23-19-21-10-17(20)18(22-12)24-19;3-2(4,5)1(6)7/h2-10,12H,11H2,1H3,(H2,21,22,23,24);(H,6,7)/t12-;/m1./s1. The Morgan fingerprint density at radius 1 is 1.22 bits per heavy atom. The van der Waals surface area contributed by atoms with E-state index < -0.39 is 12.1 Å². The molecule has 0 unspecified atom stereocenters. The van der Waals surface area contributed by atoms with E-state index in [0.29, 0.717) is 23.4 Å². The quantitative estimate of drug-likeness (QED) is 0.398. The second kappa shape index (κ2) is 9.73. The van der Waals surface area contributed by atoms with Gasteiger partial charge in [0, 0.05) is 5.69 Å². The van der Waals surface area contributed by atoms with Crippen molar-refractivity contribution in [3.05, 3.63) is 70.9 Å². The van der Waals surface area contributed by atoms with Gasteiger partial charge in [-0.25, -0.2) is 9.78 Å². The van der Waals surface area contributed by atoms with E-state index in [0.717, 1.165) is 22.6 Å². The van der Waals surface area contributed by atoms with Gasteiger partial charge in [-0.3, -0.25) is 0 Å². The number of anilines is 3. The first-order valence-corrected chi connectivity index (χ1v) is 9.67. The predicted molar refractivity (Wildman–Crippen MR) is 113 cm³/mol. The number of nitrogens with zero attached hydrogens (tertiary/aromatic N) is 2. The number of ether oxygens (including phenoxy) is 1. The number of alkyl halides is 3. The van der Waals surface area contributed by atoms with Gasteiger partial charge in [0.05, 0.1) is 12.2 Å². The van der Waals surface area contributed by atoms with Crippen LogP contribution < -0.4 is 15.4 Å². The van der Waals surface area contributed by atoms with Gasteiger partial charge < -0.3 is 20.5 Å². The van der Waals surface area contributed by atoms with Crippen molar-refractivity contribution in [2.75, 3.05) is 10.6 Å². The third-order valence-electron chi connectivity index (χ3n) is 4.29. The maximum atomic E-state index is 10.6. The van der Waals surface area contributed by atoms with Crippen LogP contribution in [0, 0.1) is 0 Å². The molecule has 2 aromatic carbocycles. The summed E-state index contributed by atoms with van der Waals surface area (Å²) in [6.45, 7) is 2.55. The van der Waals surface area contributed by atoms with E-state index in [1.165, 1.54) is 0 Å². The molecule has 3 N–H and O–H groups in total. The molecule has 168 valence electrons. The van der Waals surface area contributed by atoms with Crippen LogP contribution in [0.2, 0.25) is 5.02 Å². The van der Waals surface area contributed by atoms with Crippen LogP contribution in [0.15, 0.2) is 54.7 Å². The first-order valence-electron chi connectivity index (χ1n) is 9.30. The molecule has 4 rings (SSSR count). The lowest BCUT2D eigenvalue weighted by Gasteiger charge is -2.18. The molecule has 0 aliphatic carbocycles. The van der Waals surface area contributed by atoms with Gasteiger partial charge in [0.15, 0.2) is 5.82 Å². The summed E-state index contributed by atoms with van der Waals surface area (Å²) in [7, 11) is 0. The Bertz CT molecular complexity index is 1110. The number of benzene rings is 2. The van der Waals surface area contributed by atoms with Gasteiger partial charge in [0.25, 0.3) is 0 Å². The number of hydrogen-bond donors (Lipinski definition) is 3. The lowest BCUT2D eigenvalue weighted by Crippen LogP contribution is -2.21. The van der Waals surface area contributed by atoms with Gasteiger partial charge in [-0.2, -0.15) is 18.2 Å². The molecule has 0 spiro atoms. The lowest BCUT2D eigenvalue weighted by atomic mass is 10.1. The summed E-state index contributed by atoms with van der Waals surface area (Å²) in [5.74, 6) is -0.849. The minimum absolute atomic E-state index is 0.0181. The fourth-order valence-electron chi connectivity index (χ4n) is 2.73. The molecular formula is C21H18ClF3N4O3. The first kappa shape index (κ1) is 23.1. The average molecular weight is 467 g/mol. The highest BCUT2D eigenvalue weighted by Crippen LogP contribution is 2.28. The Morgan fingerprint density at radius 3 is 2.66 bits per heavy atom. The van der Waals surface area contributed by atoms with Crippen LogP contribution in [0.1, 0.15) is 24.1 Å². The number of nitrogens with one attached hydrogen (secondary N) is 2. The largest absolute Gasteiger partial charge is 0.490 e. The number of rotatable bonds is 0. The summed E-state index contributed by atoms with van der Waals surface area (Å²) in [6.07, 6.45) is -3.48. The monoisotopic (exact) mass is 466 g/mol. The highest BCUT2D eigenvalue weighted by Gasteiger charge is 2.38. The number of carbonyl (C=O) groups is 1. The van der Waals surface area contributed by atoms with E-state index in [1.807, 2.05) is 48.5 Å². The van der Waals surface area contributed by atoms with Crippen LogP contribution in [0.3, 0.4) is 0 Å². The molecule has 6 bridgehead atoms. The highest BCUT2D eigenvalue weighted by atomic mass is 35.5. The molecule has 0 saturated heterocycles. The van der Waals surface area contributed by atoms with Crippen LogP contribution in [-0.2, 0) is 11.4 Å². The maximum absolute atomic E-state index is 10.6. The molecule has 32 heavy (non-hydrogen) atoms. The molecular weight excluding hydrogens is 449 g/mol. The number of halogens is 4. The Balaban J connectivity index is 0.000000360. The summed E-state index contributed by atoms with van der Waals surface area (Å²) in [4.78, 5) is 17.7. The van der Waals surface area contributed by atoms with E-state index in [9.17, 15) is 13.2 Å². The van der Waals surface area contributed by atoms with Crippen molar-refractivity contribution in [1.29, 1.82) is 0 Å². The predicted octanol–water partition coefficient (Wildman–Crippen LogP) is 5.57. The van der Waals surface area contributed by atoms with Crippen LogP contribution >= 0.6 is 11.6 Å². The summed E-state index contributed by atoms with van der Waals surface area (Å²) in [5, 5.41) is 14.2. The summed E-state index contributed by atoms with van der Waals surface area (Å²) >= 11 is 6.26. The smallest absolute Gasteiger partial charge is 0.489 e. The Labute approximate surface area is 186 Å². The van der Waals surface area contributed by atoms with E-state index in [-0.39, 0.29) is 6.04 Å². The number of hydrogen-bond acceptors (Lipinski definition) is 6. The normalized spacial score (nSPS) is 15.0. The van der Waals surface area contributed by atoms with Crippen molar-refractivity contribution in [2.45, 2.75) is 25.7 Å². The maximum Gasteiger partial charge on any atom is 0.490 e. The van der Waals surface area contributed by atoms with Crippen molar-refractivity contribution in [1.82, 2.24) is 9.97 Å². The van der Waals surface area contributed by atoms with Gasteiger partial charge in [0.1, 0.15) is 17.4 Å². The minimum Gasteiger partial charge on any atom is -0.489 e. The fourth-order valence-corrected chi connectivity index (χ4v) is 2.87. The molecule has 0 fully saturated rings. The Hall–Kier alpha value is -3.53. The fraction of sp³-hybridized carbons (Fsp3) is 0.190. The average Bonchev–Trinajstić information content (AvgIpc) is 2.74. The Morgan fingerprint density at radius 2 is 1.94 bits per heavy atom. The van der Waals surface area contributed by atoms with Gasteiger partial charge in [-0.05, 0) is 42.3 Å². The SMILES string of the molecule is C[C@H]1Nc2nc(ncc2Cl)Nc2cccc(c2)COc2cccc1c2.O=C(O)C(F)(F)F. The van der Waals surface area contributed by atoms with Crippen LogP contribution in [-0.4, -0.2) is 27.2 Å². The summed E-state index contributed by atoms with van der Waals surface area (Å²) in [6, 6.07) is 16.0. The van der Waals surface area contributed by atoms with Gasteiger partial charge in [0.2, 0.25) is 5.95 Å². The number of aromatic nitrogens is 2. The van der Waals surface area contributed by atoms with Gasteiger partial charge in [-0.1, -0.05) is 35.9 Å². The third-order valence-corrected chi connectivity index (χ3v) is 4.56. The van der Waals surface area contributed by atoms with Crippen molar-refractivity contribution in [2.24, 2.45) is 0 Å². The molecule has 0 radical (unpaired) electrons. The molecule has 11 heteroatoms. The number of carboxylic acid groups (broad SMARTS) is 1. The second-order valence-electron chi connectivity index (χ2n) is 6.75. The van der Waals surface area contributed by atoms with E-state index in [2.05, 4.69) is 27.5 Å². The molecule has 1 aliphatic rings. The number of carboxylic acids is 1. The zero-order valence-electron chi connectivity index (χ0n) is 16.7. The minimum atomic E-state index is -5.08. The van der Waals surface area contributed by atoms with Gasteiger partial charge >= 0.3 is 12.1 Å².